The normalized spacial score (nSPS) is 25.4. The summed E-state index contributed by atoms with van der Waals surface area (Å²) in [6.45, 7) is 7.27. The molecule has 2 heterocycles. The molecule has 0 bridgehead atoms. The summed E-state index contributed by atoms with van der Waals surface area (Å²) in [5, 5.41) is 14.8. The van der Waals surface area contributed by atoms with Crippen molar-refractivity contribution in [2.75, 3.05) is 13.1 Å². The lowest BCUT2D eigenvalue weighted by molar-refractivity contribution is 0.0123. The van der Waals surface area contributed by atoms with Crippen molar-refractivity contribution >= 4 is 29.3 Å². The predicted octanol–water partition coefficient (Wildman–Crippen LogP) is 5.03. The smallest absolute Gasteiger partial charge is 0.410 e. The van der Waals surface area contributed by atoms with Crippen molar-refractivity contribution in [2.24, 2.45) is 5.41 Å². The van der Waals surface area contributed by atoms with E-state index < -0.39 is 5.60 Å². The van der Waals surface area contributed by atoms with E-state index in [-0.39, 0.29) is 16.9 Å². The third kappa shape index (κ3) is 3.55. The van der Waals surface area contributed by atoms with Crippen molar-refractivity contribution in [3.8, 4) is 6.07 Å². The van der Waals surface area contributed by atoms with Gasteiger partial charge in [-0.3, -0.25) is 4.68 Å². The molecule has 1 saturated heterocycles. The van der Waals surface area contributed by atoms with E-state index in [1.54, 1.807) is 21.8 Å². The number of benzene rings is 1. The SMILES string of the molecule is CC(C)(C)OC(=O)N1CCC2(c3ccc(Cl)c(Cl)c3)CC2(Cn2nccc2C#N)C1. The van der Waals surface area contributed by atoms with Gasteiger partial charge in [0.1, 0.15) is 17.4 Å². The zero-order chi connectivity index (χ0) is 21.7. The Morgan fingerprint density at radius 2 is 2.07 bits per heavy atom. The number of piperidine rings is 1. The molecule has 1 amide bonds. The summed E-state index contributed by atoms with van der Waals surface area (Å²) in [6, 6.07) is 9.67. The fourth-order valence-electron chi connectivity index (χ4n) is 4.79. The summed E-state index contributed by atoms with van der Waals surface area (Å²) in [4.78, 5) is 14.6. The number of ether oxygens (including phenoxy) is 1. The van der Waals surface area contributed by atoms with Crippen molar-refractivity contribution in [3.05, 3.63) is 51.8 Å². The molecule has 2 fully saturated rings. The third-order valence-electron chi connectivity index (χ3n) is 6.24. The van der Waals surface area contributed by atoms with E-state index in [0.717, 1.165) is 18.4 Å². The zero-order valence-electron chi connectivity index (χ0n) is 17.3. The number of hydrogen-bond acceptors (Lipinski definition) is 4. The van der Waals surface area contributed by atoms with Crippen molar-refractivity contribution in [1.82, 2.24) is 14.7 Å². The fraction of sp³-hybridized carbons (Fsp3) is 0.500. The number of nitriles is 1. The van der Waals surface area contributed by atoms with Crippen LogP contribution in [0, 0.1) is 16.7 Å². The summed E-state index contributed by atoms with van der Waals surface area (Å²) in [6.07, 6.45) is 2.99. The quantitative estimate of drug-likeness (QED) is 0.662. The lowest BCUT2D eigenvalue weighted by Crippen LogP contribution is -2.48. The van der Waals surface area contributed by atoms with Crippen molar-refractivity contribution in [1.29, 1.82) is 5.26 Å². The van der Waals surface area contributed by atoms with Crippen molar-refractivity contribution in [3.63, 3.8) is 0 Å². The molecule has 0 N–H and O–H groups in total. The van der Waals surface area contributed by atoms with Crippen LogP contribution in [0.2, 0.25) is 10.0 Å². The Morgan fingerprint density at radius 3 is 2.73 bits per heavy atom. The van der Waals surface area contributed by atoms with Crippen LogP contribution in [-0.2, 0) is 16.7 Å². The first kappa shape index (κ1) is 21.0. The van der Waals surface area contributed by atoms with Crippen LogP contribution in [0.4, 0.5) is 4.79 Å². The Balaban J connectivity index is 1.68. The average Bonchev–Trinajstić information content (AvgIpc) is 3.13. The van der Waals surface area contributed by atoms with Crippen LogP contribution in [0.25, 0.3) is 0 Å². The molecule has 4 rings (SSSR count). The molecule has 1 aliphatic carbocycles. The molecule has 2 atom stereocenters. The number of aromatic nitrogens is 2. The molecule has 0 spiro atoms. The summed E-state index contributed by atoms with van der Waals surface area (Å²) in [5.41, 5.74) is 0.678. The second-order valence-electron chi connectivity index (χ2n) is 9.31. The summed E-state index contributed by atoms with van der Waals surface area (Å²) in [5.74, 6) is 0. The highest BCUT2D eigenvalue weighted by Gasteiger charge is 2.70. The summed E-state index contributed by atoms with van der Waals surface area (Å²) < 4.78 is 7.35. The molecule has 1 aliphatic heterocycles. The van der Waals surface area contributed by atoms with Crippen LogP contribution in [0.1, 0.15) is 44.9 Å². The minimum absolute atomic E-state index is 0.140. The summed E-state index contributed by atoms with van der Waals surface area (Å²) >= 11 is 12.5. The highest BCUT2D eigenvalue weighted by Crippen LogP contribution is 2.69. The van der Waals surface area contributed by atoms with Crippen LogP contribution in [0.3, 0.4) is 0 Å². The lowest BCUT2D eigenvalue weighted by Gasteiger charge is -2.39. The van der Waals surface area contributed by atoms with E-state index >= 15 is 0 Å². The Labute approximate surface area is 186 Å². The molecule has 2 aromatic rings. The van der Waals surface area contributed by atoms with Gasteiger partial charge in [-0.2, -0.15) is 10.4 Å². The van der Waals surface area contributed by atoms with Gasteiger partial charge in [0, 0.05) is 23.9 Å². The highest BCUT2D eigenvalue weighted by atomic mass is 35.5. The van der Waals surface area contributed by atoms with Crippen molar-refractivity contribution < 1.29 is 9.53 Å². The fourth-order valence-corrected chi connectivity index (χ4v) is 5.09. The maximum absolute atomic E-state index is 12.8. The molecular weight excluding hydrogens is 423 g/mol. The molecular formula is C22H24Cl2N4O2. The van der Waals surface area contributed by atoms with Crippen LogP contribution in [0.5, 0.6) is 0 Å². The second kappa shape index (κ2) is 7.18. The van der Waals surface area contributed by atoms with Crippen LogP contribution in [-0.4, -0.2) is 39.5 Å². The van der Waals surface area contributed by atoms with Gasteiger partial charge in [0.05, 0.1) is 22.8 Å². The van der Waals surface area contributed by atoms with Gasteiger partial charge in [0.15, 0.2) is 0 Å². The van der Waals surface area contributed by atoms with E-state index in [1.165, 1.54) is 0 Å². The van der Waals surface area contributed by atoms with Gasteiger partial charge in [0.25, 0.3) is 0 Å². The number of carbonyl (C=O) groups excluding carboxylic acids is 1. The molecule has 2 unspecified atom stereocenters. The molecule has 158 valence electrons. The van der Waals surface area contributed by atoms with Crippen LogP contribution in [0.15, 0.2) is 30.5 Å². The number of halogens is 2. The zero-order valence-corrected chi connectivity index (χ0v) is 18.8. The number of nitrogens with zero attached hydrogens (tertiary/aromatic N) is 4. The van der Waals surface area contributed by atoms with Gasteiger partial charge in [0.2, 0.25) is 0 Å². The molecule has 1 aromatic carbocycles. The molecule has 1 aromatic heterocycles. The highest BCUT2D eigenvalue weighted by molar-refractivity contribution is 6.42. The van der Waals surface area contributed by atoms with Gasteiger partial charge in [-0.15, -0.1) is 0 Å². The minimum Gasteiger partial charge on any atom is -0.444 e. The third-order valence-corrected chi connectivity index (χ3v) is 6.98. The van der Waals surface area contributed by atoms with Crippen molar-refractivity contribution in [2.45, 2.75) is 51.2 Å². The van der Waals surface area contributed by atoms with Gasteiger partial charge in [-0.25, -0.2) is 4.79 Å². The Morgan fingerprint density at radius 1 is 1.30 bits per heavy atom. The number of amides is 1. The molecule has 0 radical (unpaired) electrons. The first-order chi connectivity index (χ1) is 14.1. The first-order valence-corrected chi connectivity index (χ1v) is 10.7. The lowest BCUT2D eigenvalue weighted by atomic mass is 9.80. The number of carbonyl (C=O) groups is 1. The van der Waals surface area contributed by atoms with E-state index in [9.17, 15) is 10.1 Å². The predicted molar refractivity (Wildman–Crippen MR) is 115 cm³/mol. The monoisotopic (exact) mass is 446 g/mol. The Hall–Kier alpha value is -2.23. The number of fused-ring (bicyclic) bond motifs is 1. The second-order valence-corrected chi connectivity index (χ2v) is 10.1. The molecule has 1 saturated carbocycles. The average molecular weight is 447 g/mol. The van der Waals surface area contributed by atoms with Crippen LogP contribution < -0.4 is 0 Å². The van der Waals surface area contributed by atoms with Gasteiger partial charge in [-0.1, -0.05) is 29.3 Å². The summed E-state index contributed by atoms with van der Waals surface area (Å²) in [7, 11) is 0. The number of likely N-dealkylation sites (tertiary alicyclic amines) is 1. The van der Waals surface area contributed by atoms with Gasteiger partial charge >= 0.3 is 6.09 Å². The first-order valence-electron chi connectivity index (χ1n) is 9.95. The molecule has 8 heteroatoms. The van der Waals surface area contributed by atoms with E-state index in [4.69, 9.17) is 27.9 Å². The number of hydrogen-bond donors (Lipinski definition) is 0. The van der Waals surface area contributed by atoms with Gasteiger partial charge in [-0.05, 0) is 57.4 Å². The molecule has 6 nitrogen and oxygen atoms in total. The van der Waals surface area contributed by atoms with E-state index in [1.807, 2.05) is 39.0 Å². The topological polar surface area (TPSA) is 71.2 Å². The van der Waals surface area contributed by atoms with E-state index in [0.29, 0.717) is 35.4 Å². The maximum Gasteiger partial charge on any atom is 0.410 e. The molecule has 2 aliphatic rings. The maximum atomic E-state index is 12.8. The van der Waals surface area contributed by atoms with Gasteiger partial charge < -0.3 is 9.64 Å². The minimum atomic E-state index is -0.554. The Bertz CT molecular complexity index is 1040. The Kier molecular flexibility index (Phi) is 5.03. The van der Waals surface area contributed by atoms with Crippen LogP contribution >= 0.6 is 23.2 Å². The largest absolute Gasteiger partial charge is 0.444 e. The number of rotatable bonds is 3. The molecule has 30 heavy (non-hydrogen) atoms. The van der Waals surface area contributed by atoms with E-state index in [2.05, 4.69) is 11.2 Å². The standard InChI is InChI=1S/C22H24Cl2N4O2/c1-20(2,3)30-19(29)27-9-7-22(15-4-5-17(23)18(24)10-15)12-21(22,13-27)14-28-16(11-25)6-8-26-28/h4-6,8,10H,7,9,12-14H2,1-3H3.